The van der Waals surface area contributed by atoms with Crippen LogP contribution in [0.4, 0.5) is 5.69 Å². The number of likely N-dealkylation sites (tertiary alicyclic amines) is 1. The van der Waals surface area contributed by atoms with Crippen LogP contribution in [0.25, 0.3) is 5.57 Å². The molecule has 1 atom stereocenters. The van der Waals surface area contributed by atoms with Crippen LogP contribution in [-0.2, 0) is 16.1 Å². The van der Waals surface area contributed by atoms with E-state index in [1.165, 1.54) is 29.2 Å². The van der Waals surface area contributed by atoms with Crippen molar-refractivity contribution in [2.24, 2.45) is 5.92 Å². The fraction of sp³-hybridized carbons (Fsp3) is 0.333. The van der Waals surface area contributed by atoms with E-state index in [2.05, 4.69) is 6.92 Å². The number of non-ortho nitro benzene ring substituents is 1. The van der Waals surface area contributed by atoms with Crippen molar-refractivity contribution in [1.82, 2.24) is 9.80 Å². The highest BCUT2D eigenvalue weighted by Gasteiger charge is 2.42. The molecule has 9 heteroatoms. The summed E-state index contributed by atoms with van der Waals surface area (Å²) in [7, 11) is 0. The molecule has 0 bridgehead atoms. The molecule has 0 radical (unpaired) electrons. The second kappa shape index (κ2) is 8.23. The van der Waals surface area contributed by atoms with Gasteiger partial charge in [0.05, 0.1) is 17.0 Å². The normalized spacial score (nSPS) is 20.1. The number of hydrogen-bond donors (Lipinski definition) is 0. The molecule has 0 spiro atoms. The van der Waals surface area contributed by atoms with E-state index < -0.39 is 10.8 Å². The number of piperidine rings is 1. The van der Waals surface area contributed by atoms with Crippen LogP contribution < -0.4 is 9.47 Å². The van der Waals surface area contributed by atoms with Crippen LogP contribution in [0.2, 0.25) is 0 Å². The molecule has 3 aliphatic rings. The molecule has 2 aromatic rings. The summed E-state index contributed by atoms with van der Waals surface area (Å²) in [5.41, 5.74) is 1.85. The number of amides is 2. The lowest BCUT2D eigenvalue weighted by molar-refractivity contribution is -0.384. The van der Waals surface area contributed by atoms with Gasteiger partial charge in [0.2, 0.25) is 6.79 Å². The van der Waals surface area contributed by atoms with Gasteiger partial charge in [0, 0.05) is 25.2 Å². The molecule has 3 heterocycles. The van der Waals surface area contributed by atoms with Crippen molar-refractivity contribution in [3.8, 4) is 11.5 Å². The zero-order chi connectivity index (χ0) is 23.1. The van der Waals surface area contributed by atoms with Crippen molar-refractivity contribution >= 4 is 23.1 Å². The van der Waals surface area contributed by atoms with Crippen LogP contribution in [0, 0.1) is 16.0 Å². The number of nitro groups is 1. The molecule has 0 aliphatic carbocycles. The Morgan fingerprint density at radius 1 is 1.06 bits per heavy atom. The lowest BCUT2D eigenvalue weighted by atomic mass is 9.97. The van der Waals surface area contributed by atoms with Gasteiger partial charge in [-0.15, -0.1) is 0 Å². The third-order valence-corrected chi connectivity index (χ3v) is 6.26. The quantitative estimate of drug-likeness (QED) is 0.392. The van der Waals surface area contributed by atoms with Crippen molar-refractivity contribution in [3.05, 3.63) is 69.4 Å². The first kappa shape index (κ1) is 21.0. The molecule has 1 saturated heterocycles. The van der Waals surface area contributed by atoms with Gasteiger partial charge in [0.15, 0.2) is 11.5 Å². The summed E-state index contributed by atoms with van der Waals surface area (Å²) in [6.45, 7) is 3.74. The molecule has 9 nitrogen and oxygen atoms in total. The first-order valence-electron chi connectivity index (χ1n) is 10.9. The lowest BCUT2D eigenvalue weighted by Crippen LogP contribution is -2.39. The average molecular weight is 449 g/mol. The Morgan fingerprint density at radius 3 is 2.55 bits per heavy atom. The number of ether oxygens (including phenoxy) is 2. The van der Waals surface area contributed by atoms with Gasteiger partial charge in [-0.2, -0.15) is 0 Å². The Balaban J connectivity index is 1.51. The van der Waals surface area contributed by atoms with Crippen LogP contribution >= 0.6 is 0 Å². The number of benzene rings is 2. The Bertz CT molecular complexity index is 1170. The van der Waals surface area contributed by atoms with E-state index in [0.717, 1.165) is 18.4 Å². The second-order valence-corrected chi connectivity index (χ2v) is 8.61. The Kier molecular flexibility index (Phi) is 5.24. The maximum atomic E-state index is 13.6. The van der Waals surface area contributed by atoms with Gasteiger partial charge in [-0.3, -0.25) is 24.6 Å². The fourth-order valence-electron chi connectivity index (χ4n) is 4.62. The monoisotopic (exact) mass is 449 g/mol. The zero-order valence-electron chi connectivity index (χ0n) is 18.2. The maximum Gasteiger partial charge on any atom is 0.278 e. The minimum absolute atomic E-state index is 0.0681. The number of nitrogens with zero attached hydrogens (tertiary/aromatic N) is 3. The molecule has 0 N–H and O–H groups in total. The number of hydrogen-bond acceptors (Lipinski definition) is 7. The summed E-state index contributed by atoms with van der Waals surface area (Å²) in [5, 5.41) is 11.1. The minimum Gasteiger partial charge on any atom is -0.454 e. The molecule has 2 amide bonds. The van der Waals surface area contributed by atoms with E-state index in [1.54, 1.807) is 18.2 Å². The van der Waals surface area contributed by atoms with Crippen molar-refractivity contribution in [1.29, 1.82) is 0 Å². The minimum atomic E-state index is -0.487. The van der Waals surface area contributed by atoms with Crippen molar-refractivity contribution in [2.45, 2.75) is 26.3 Å². The molecule has 0 saturated carbocycles. The molecule has 3 aliphatic heterocycles. The highest BCUT2D eigenvalue weighted by Crippen LogP contribution is 2.37. The Hall–Kier alpha value is -3.88. The second-order valence-electron chi connectivity index (χ2n) is 8.61. The van der Waals surface area contributed by atoms with E-state index in [1.807, 2.05) is 4.90 Å². The maximum absolute atomic E-state index is 13.6. The number of carbonyl (C=O) groups excluding carboxylic acids is 2. The molecular weight excluding hydrogens is 426 g/mol. The van der Waals surface area contributed by atoms with Gasteiger partial charge in [-0.1, -0.05) is 13.0 Å². The van der Waals surface area contributed by atoms with Crippen molar-refractivity contribution in [3.63, 3.8) is 0 Å². The number of rotatable bonds is 5. The van der Waals surface area contributed by atoms with E-state index in [0.29, 0.717) is 47.3 Å². The molecule has 1 unspecified atom stereocenters. The fourth-order valence-corrected chi connectivity index (χ4v) is 4.62. The van der Waals surface area contributed by atoms with E-state index in [9.17, 15) is 19.7 Å². The van der Waals surface area contributed by atoms with Crippen molar-refractivity contribution in [2.75, 3.05) is 19.9 Å². The van der Waals surface area contributed by atoms with Crippen molar-refractivity contribution < 1.29 is 24.0 Å². The summed E-state index contributed by atoms with van der Waals surface area (Å²) in [6, 6.07) is 11.1. The summed E-state index contributed by atoms with van der Waals surface area (Å²) in [4.78, 5) is 40.9. The van der Waals surface area contributed by atoms with Gasteiger partial charge >= 0.3 is 0 Å². The highest BCUT2D eigenvalue weighted by atomic mass is 16.7. The largest absolute Gasteiger partial charge is 0.454 e. The first-order chi connectivity index (χ1) is 15.9. The molecule has 5 rings (SSSR count). The number of nitro benzene ring substituents is 1. The SMILES string of the molecule is CC1CCCN(C2=C(c3ccc([N+](=O)[O-])cc3)C(=O)N(Cc3ccc4c(c3)OCO4)C2=O)C1. The van der Waals surface area contributed by atoms with E-state index in [4.69, 9.17) is 9.47 Å². The van der Waals surface area contributed by atoms with Gasteiger partial charge in [0.25, 0.3) is 17.5 Å². The summed E-state index contributed by atoms with van der Waals surface area (Å²) in [6.07, 6.45) is 2.00. The van der Waals surface area contributed by atoms with Gasteiger partial charge in [-0.05, 0) is 54.2 Å². The van der Waals surface area contributed by atoms with Gasteiger partial charge in [0.1, 0.15) is 5.70 Å². The third kappa shape index (κ3) is 3.79. The standard InChI is InChI=1S/C24H23N3O6/c1-15-3-2-10-25(12-15)22-21(17-5-7-18(8-6-17)27(30)31)23(28)26(24(22)29)13-16-4-9-19-20(11-16)33-14-32-19/h4-9,11,15H,2-3,10,12-14H2,1H3. The molecule has 170 valence electrons. The van der Waals surface area contributed by atoms with Crippen LogP contribution in [0.3, 0.4) is 0 Å². The van der Waals surface area contributed by atoms with E-state index in [-0.39, 0.29) is 24.9 Å². The molecule has 1 fully saturated rings. The van der Waals surface area contributed by atoms with E-state index >= 15 is 0 Å². The lowest BCUT2D eigenvalue weighted by Gasteiger charge is -2.33. The average Bonchev–Trinajstić information content (AvgIpc) is 3.37. The summed E-state index contributed by atoms with van der Waals surface area (Å²) >= 11 is 0. The van der Waals surface area contributed by atoms with Crippen LogP contribution in [0.15, 0.2) is 48.2 Å². The number of fused-ring (bicyclic) bond motifs is 1. The first-order valence-corrected chi connectivity index (χ1v) is 10.9. The Labute approximate surface area is 190 Å². The number of carbonyl (C=O) groups is 2. The molecule has 33 heavy (non-hydrogen) atoms. The van der Waals surface area contributed by atoms with Crippen LogP contribution in [-0.4, -0.2) is 46.4 Å². The predicted molar refractivity (Wildman–Crippen MR) is 118 cm³/mol. The molecule has 0 aromatic heterocycles. The number of imide groups is 1. The van der Waals surface area contributed by atoms with Crippen LogP contribution in [0.5, 0.6) is 11.5 Å². The summed E-state index contributed by atoms with van der Waals surface area (Å²) < 4.78 is 10.8. The topological polar surface area (TPSA) is 102 Å². The van der Waals surface area contributed by atoms with Gasteiger partial charge in [-0.25, -0.2) is 0 Å². The Morgan fingerprint density at radius 2 is 1.82 bits per heavy atom. The molecule has 2 aromatic carbocycles. The zero-order valence-corrected chi connectivity index (χ0v) is 18.2. The third-order valence-electron chi connectivity index (χ3n) is 6.26. The van der Waals surface area contributed by atoms with Crippen LogP contribution in [0.1, 0.15) is 30.9 Å². The smallest absolute Gasteiger partial charge is 0.278 e. The molecular formula is C24H23N3O6. The predicted octanol–water partition coefficient (Wildman–Crippen LogP) is 3.34. The van der Waals surface area contributed by atoms with Gasteiger partial charge < -0.3 is 14.4 Å². The highest BCUT2D eigenvalue weighted by molar-refractivity contribution is 6.35. The summed E-state index contributed by atoms with van der Waals surface area (Å²) in [5.74, 6) is 0.862.